The van der Waals surface area contributed by atoms with Gasteiger partial charge in [0.1, 0.15) is 0 Å². The van der Waals surface area contributed by atoms with Crippen LogP contribution in [0.1, 0.15) is 104 Å². The summed E-state index contributed by atoms with van der Waals surface area (Å²) in [5.74, 6) is 3.24. The van der Waals surface area contributed by atoms with Crippen molar-refractivity contribution in [3.8, 4) is 0 Å². The molecule has 0 saturated heterocycles. The largest absolute Gasteiger partial charge is 0.283 e. The average molecular weight is 523 g/mol. The van der Waals surface area contributed by atoms with Gasteiger partial charge < -0.3 is 0 Å². The summed E-state index contributed by atoms with van der Waals surface area (Å²) in [7, 11) is 0. The first-order valence-corrected chi connectivity index (χ1v) is 16.0. The van der Waals surface area contributed by atoms with Crippen molar-refractivity contribution < 1.29 is 8.39 Å². The fourth-order valence-electron chi connectivity index (χ4n) is 7.56. The highest BCUT2D eigenvalue weighted by molar-refractivity contribution is 7.80. The number of rotatable bonds is 9. The Morgan fingerprint density at radius 3 is 2.57 bits per heavy atom. The third kappa shape index (κ3) is 6.95. The van der Waals surface area contributed by atoms with Crippen molar-refractivity contribution in [3.63, 3.8) is 0 Å². The Kier molecular flexibility index (Phi) is 9.73. The van der Waals surface area contributed by atoms with Gasteiger partial charge in [0.25, 0.3) is 0 Å². The number of hydrogen-bond acceptors (Lipinski definition) is 2. The van der Waals surface area contributed by atoms with E-state index < -0.39 is 11.1 Å². The van der Waals surface area contributed by atoms with Gasteiger partial charge in [0.15, 0.2) is 11.1 Å². The van der Waals surface area contributed by atoms with Crippen LogP contribution in [0, 0.1) is 36.0 Å². The minimum Gasteiger partial charge on any atom is -0.283 e. The summed E-state index contributed by atoms with van der Waals surface area (Å²) in [6.45, 7) is 16.3. The standard InChI is InChI=1S/C34H50O2S/c1-24(2)9-7-10-27(5)32-20-21-33-28(11-8-22-34(32,33)6)15-16-29-23-30(17-14-26(29)4)36-37(35)31-18-12-25(3)13-19-31/h12-13,15-16,18-19,24,27,30,32-33H,4,7-11,14,17,20-23H2,1-3,5-6H3/b28-15+,29-16-/t27-,30+,32-,33+,34-,37-/m1/s1. The third-order valence-electron chi connectivity index (χ3n) is 9.77. The molecule has 0 radical (unpaired) electrons. The summed E-state index contributed by atoms with van der Waals surface area (Å²) in [6.07, 6.45) is 18.2. The Labute approximate surface area is 229 Å². The Hall–Kier alpha value is -1.45. The van der Waals surface area contributed by atoms with E-state index in [1.54, 1.807) is 5.57 Å². The van der Waals surface area contributed by atoms with E-state index in [-0.39, 0.29) is 6.10 Å². The van der Waals surface area contributed by atoms with Crippen LogP contribution >= 0.6 is 0 Å². The molecular formula is C34H50O2S. The highest BCUT2D eigenvalue weighted by atomic mass is 32.2. The zero-order valence-electron chi connectivity index (χ0n) is 24.1. The Morgan fingerprint density at radius 2 is 1.84 bits per heavy atom. The fraction of sp³-hybridized carbons (Fsp3) is 0.647. The lowest BCUT2D eigenvalue weighted by molar-refractivity contribution is 0.0929. The lowest BCUT2D eigenvalue weighted by Gasteiger charge is -2.44. The first-order chi connectivity index (χ1) is 17.7. The van der Waals surface area contributed by atoms with Crippen LogP contribution in [0.25, 0.3) is 0 Å². The van der Waals surface area contributed by atoms with Crippen LogP contribution in [0.15, 0.2) is 64.6 Å². The maximum absolute atomic E-state index is 12.8. The van der Waals surface area contributed by atoms with Crippen molar-refractivity contribution in [1.82, 2.24) is 0 Å². The predicted molar refractivity (Wildman–Crippen MR) is 158 cm³/mol. The second kappa shape index (κ2) is 12.6. The van der Waals surface area contributed by atoms with Gasteiger partial charge in [0, 0.05) is 6.42 Å². The predicted octanol–water partition coefficient (Wildman–Crippen LogP) is 9.67. The summed E-state index contributed by atoms with van der Waals surface area (Å²) in [5, 5.41) is 0. The van der Waals surface area contributed by atoms with Crippen molar-refractivity contribution in [2.24, 2.45) is 29.1 Å². The Balaban J connectivity index is 1.41. The number of aryl methyl sites for hydroxylation is 1. The molecule has 6 atom stereocenters. The van der Waals surface area contributed by atoms with E-state index in [4.69, 9.17) is 4.18 Å². The molecule has 2 nitrogen and oxygen atoms in total. The van der Waals surface area contributed by atoms with Crippen LogP contribution < -0.4 is 0 Å². The molecule has 3 saturated carbocycles. The molecule has 0 aliphatic heterocycles. The normalized spacial score (nSPS) is 32.2. The molecule has 0 heterocycles. The fourth-order valence-corrected chi connectivity index (χ4v) is 8.44. The zero-order chi connectivity index (χ0) is 26.6. The topological polar surface area (TPSA) is 26.3 Å². The van der Waals surface area contributed by atoms with Crippen LogP contribution in [0.4, 0.5) is 0 Å². The maximum atomic E-state index is 12.8. The molecule has 3 heteroatoms. The van der Waals surface area contributed by atoms with Gasteiger partial charge in [-0.3, -0.25) is 4.18 Å². The number of fused-ring (bicyclic) bond motifs is 1. The van der Waals surface area contributed by atoms with Crippen molar-refractivity contribution in [2.75, 3.05) is 0 Å². The molecule has 0 aromatic heterocycles. The summed E-state index contributed by atoms with van der Waals surface area (Å²) in [4.78, 5) is 0.748. The van der Waals surface area contributed by atoms with Gasteiger partial charge in [-0.2, -0.15) is 0 Å². The van der Waals surface area contributed by atoms with Gasteiger partial charge in [-0.1, -0.05) is 94.5 Å². The molecule has 0 spiro atoms. The zero-order valence-corrected chi connectivity index (χ0v) is 24.9. The lowest BCUT2D eigenvalue weighted by Crippen LogP contribution is -2.36. The summed E-state index contributed by atoms with van der Waals surface area (Å²) in [6, 6.07) is 7.81. The summed E-state index contributed by atoms with van der Waals surface area (Å²) < 4.78 is 18.8. The molecule has 4 rings (SSSR count). The second-order valence-electron chi connectivity index (χ2n) is 12.9. The molecule has 1 aromatic rings. The van der Waals surface area contributed by atoms with E-state index in [0.29, 0.717) is 5.41 Å². The molecular weight excluding hydrogens is 472 g/mol. The highest BCUT2D eigenvalue weighted by Crippen LogP contribution is 2.60. The number of allylic oxidation sites excluding steroid dienone is 4. The minimum absolute atomic E-state index is 0.0172. The van der Waals surface area contributed by atoms with Crippen molar-refractivity contribution in [3.05, 3.63) is 65.3 Å². The lowest BCUT2D eigenvalue weighted by atomic mass is 9.60. The van der Waals surface area contributed by atoms with Crippen LogP contribution in [0.2, 0.25) is 0 Å². The molecule has 204 valence electrons. The van der Waals surface area contributed by atoms with E-state index in [1.807, 2.05) is 31.2 Å². The number of benzene rings is 1. The molecule has 3 fully saturated rings. The first kappa shape index (κ1) is 28.6. The van der Waals surface area contributed by atoms with Crippen LogP contribution in [0.3, 0.4) is 0 Å². The van der Waals surface area contributed by atoms with Crippen LogP contribution in [-0.4, -0.2) is 10.3 Å². The van der Waals surface area contributed by atoms with Gasteiger partial charge in [-0.25, -0.2) is 4.21 Å². The van der Waals surface area contributed by atoms with Crippen molar-refractivity contribution >= 4 is 11.1 Å². The van der Waals surface area contributed by atoms with Crippen LogP contribution in [-0.2, 0) is 15.3 Å². The van der Waals surface area contributed by atoms with Crippen LogP contribution in [0.5, 0.6) is 0 Å². The minimum atomic E-state index is -1.42. The van der Waals surface area contributed by atoms with Gasteiger partial charge in [0.2, 0.25) is 0 Å². The van der Waals surface area contributed by atoms with Crippen molar-refractivity contribution in [1.29, 1.82) is 0 Å². The van der Waals surface area contributed by atoms with E-state index in [0.717, 1.165) is 47.8 Å². The molecule has 37 heavy (non-hydrogen) atoms. The van der Waals surface area contributed by atoms with E-state index >= 15 is 0 Å². The molecule has 0 bridgehead atoms. The molecule has 3 aliphatic rings. The van der Waals surface area contributed by atoms with Gasteiger partial charge in [0.05, 0.1) is 11.0 Å². The SMILES string of the molecule is C=C1CC[C@H](O[S@@](=O)c2ccc(C)cc2)C/C1=C/C=C1\CCC[C@]2(C)[C@@H]([C@H](C)CCCC(C)C)CC[C@@H]12. The van der Waals surface area contributed by atoms with E-state index in [2.05, 4.69) is 46.4 Å². The maximum Gasteiger partial charge on any atom is 0.189 e. The third-order valence-corrected chi connectivity index (χ3v) is 10.9. The van der Waals surface area contributed by atoms with Gasteiger partial charge >= 0.3 is 0 Å². The molecule has 3 aliphatic carbocycles. The molecule has 1 aromatic carbocycles. The molecule has 0 N–H and O–H groups in total. The summed E-state index contributed by atoms with van der Waals surface area (Å²) >= 11 is -1.42. The molecule has 0 amide bonds. The molecule has 0 unspecified atom stereocenters. The second-order valence-corrected chi connectivity index (χ2v) is 14.1. The van der Waals surface area contributed by atoms with Crippen molar-refractivity contribution in [2.45, 2.75) is 116 Å². The first-order valence-electron chi connectivity index (χ1n) is 14.9. The Morgan fingerprint density at radius 1 is 1.08 bits per heavy atom. The summed E-state index contributed by atoms with van der Waals surface area (Å²) in [5.41, 5.74) is 5.80. The quantitative estimate of drug-likeness (QED) is 0.323. The van der Waals surface area contributed by atoms with E-state index in [1.165, 1.54) is 68.1 Å². The monoisotopic (exact) mass is 522 g/mol. The van der Waals surface area contributed by atoms with Gasteiger partial charge in [-0.15, -0.1) is 0 Å². The number of hydrogen-bond donors (Lipinski definition) is 0. The highest BCUT2D eigenvalue weighted by Gasteiger charge is 2.50. The van der Waals surface area contributed by atoms with Gasteiger partial charge in [-0.05, 0) is 98.7 Å². The average Bonchev–Trinajstić information content (AvgIpc) is 3.22. The van der Waals surface area contributed by atoms with E-state index in [9.17, 15) is 4.21 Å². The Bertz CT molecular complexity index is 1020. The smallest absolute Gasteiger partial charge is 0.189 e.